The first-order valence-corrected chi connectivity index (χ1v) is 13.2. The zero-order valence-electron chi connectivity index (χ0n) is 18.9. The molecule has 3 aromatic carbocycles. The highest BCUT2D eigenvalue weighted by molar-refractivity contribution is 7.92. The number of nitrogens with zero attached hydrogens (tertiary/aromatic N) is 2. The van der Waals surface area contributed by atoms with Crippen LogP contribution in [-0.2, 0) is 14.8 Å². The minimum absolute atomic E-state index is 0.0880. The van der Waals surface area contributed by atoms with Gasteiger partial charge < -0.3 is 14.8 Å². The Balaban J connectivity index is 1.59. The van der Waals surface area contributed by atoms with Crippen molar-refractivity contribution in [2.75, 3.05) is 17.6 Å². The fourth-order valence-corrected chi connectivity index (χ4v) is 5.50. The lowest BCUT2D eigenvalue weighted by Gasteiger charge is -2.30. The maximum Gasteiger partial charge on any atom is 0.306 e. The van der Waals surface area contributed by atoms with Crippen LogP contribution in [0.1, 0.15) is 23.2 Å². The summed E-state index contributed by atoms with van der Waals surface area (Å²) >= 11 is 12.2. The zero-order valence-corrected chi connectivity index (χ0v) is 21.2. The number of carboxylic acid groups (broad SMARTS) is 1. The fraction of sp³-hybridized carbons (Fsp3) is 0.200. The third-order valence-corrected chi connectivity index (χ3v) is 7.91. The van der Waals surface area contributed by atoms with Gasteiger partial charge >= 0.3 is 5.97 Å². The largest absolute Gasteiger partial charge is 0.481 e. The Hall–Kier alpha value is -3.27. The summed E-state index contributed by atoms with van der Waals surface area (Å²) in [6, 6.07) is 18.2. The van der Waals surface area contributed by atoms with Crippen molar-refractivity contribution in [1.29, 1.82) is 0 Å². The van der Waals surface area contributed by atoms with E-state index in [-0.39, 0.29) is 27.3 Å². The first-order chi connectivity index (χ1) is 17.2. The van der Waals surface area contributed by atoms with E-state index in [1.165, 1.54) is 42.5 Å². The molecule has 1 aliphatic heterocycles. The minimum atomic E-state index is -4.23. The topological polar surface area (TPSA) is 104 Å². The molecule has 0 bridgehead atoms. The van der Waals surface area contributed by atoms with E-state index in [2.05, 4.69) is 0 Å². The summed E-state index contributed by atoms with van der Waals surface area (Å²) in [5.74, 6) is -1.52. The number of aliphatic carboxylic acids is 1. The van der Waals surface area contributed by atoms with E-state index in [9.17, 15) is 18.0 Å². The summed E-state index contributed by atoms with van der Waals surface area (Å²) in [7, 11) is -4.23. The van der Waals surface area contributed by atoms with Crippen LogP contribution < -0.4 is 9.31 Å². The SMILES string of the molecule is O=C(O)C1CCN(C(=O)c2ccc(S(=O)(=O)N(Oc3ccc(Cl)cc3Cl)c3ccccc3)cc2)CC1. The molecule has 0 aromatic heterocycles. The number of hydrogen-bond acceptors (Lipinski definition) is 5. The summed E-state index contributed by atoms with van der Waals surface area (Å²) in [5.41, 5.74) is 0.542. The number of carboxylic acids is 1. The molecule has 0 atom stereocenters. The van der Waals surface area contributed by atoms with Crippen molar-refractivity contribution in [3.63, 3.8) is 0 Å². The molecule has 0 aliphatic carbocycles. The highest BCUT2D eigenvalue weighted by atomic mass is 35.5. The lowest BCUT2D eigenvalue weighted by atomic mass is 9.96. The number of para-hydroxylation sites is 1. The fourth-order valence-electron chi connectivity index (χ4n) is 3.81. The van der Waals surface area contributed by atoms with E-state index in [1.54, 1.807) is 35.2 Å². The Kier molecular flexibility index (Phi) is 7.73. The molecule has 188 valence electrons. The number of amides is 1. The van der Waals surface area contributed by atoms with Gasteiger partial charge in [-0.15, -0.1) is 0 Å². The molecule has 1 amide bonds. The van der Waals surface area contributed by atoms with Gasteiger partial charge in [-0.1, -0.05) is 45.9 Å². The summed E-state index contributed by atoms with van der Waals surface area (Å²) in [6.07, 6.45) is 0.758. The maximum absolute atomic E-state index is 13.6. The lowest BCUT2D eigenvalue weighted by molar-refractivity contribution is -0.143. The summed E-state index contributed by atoms with van der Waals surface area (Å²) in [5, 5.41) is 9.65. The van der Waals surface area contributed by atoms with Gasteiger partial charge in [-0.3, -0.25) is 9.59 Å². The molecule has 36 heavy (non-hydrogen) atoms. The van der Waals surface area contributed by atoms with E-state index in [1.807, 2.05) is 0 Å². The predicted molar refractivity (Wildman–Crippen MR) is 136 cm³/mol. The third kappa shape index (κ3) is 5.59. The van der Waals surface area contributed by atoms with Gasteiger partial charge in [0.1, 0.15) is 0 Å². The van der Waals surface area contributed by atoms with Crippen molar-refractivity contribution in [2.45, 2.75) is 17.7 Å². The van der Waals surface area contributed by atoms with Crippen LogP contribution in [0.2, 0.25) is 10.0 Å². The van der Waals surface area contributed by atoms with E-state index in [0.29, 0.717) is 36.5 Å². The van der Waals surface area contributed by atoms with Crippen molar-refractivity contribution < 1.29 is 28.0 Å². The van der Waals surface area contributed by atoms with Crippen LogP contribution >= 0.6 is 23.2 Å². The molecule has 3 aromatic rings. The second-order valence-electron chi connectivity index (χ2n) is 8.16. The van der Waals surface area contributed by atoms with Crippen LogP contribution in [0.5, 0.6) is 5.75 Å². The number of benzene rings is 3. The number of carbonyl (C=O) groups is 2. The summed E-state index contributed by atoms with van der Waals surface area (Å²) in [4.78, 5) is 31.2. The monoisotopic (exact) mass is 548 g/mol. The van der Waals surface area contributed by atoms with Crippen LogP contribution in [0, 0.1) is 5.92 Å². The molecule has 1 fully saturated rings. The lowest BCUT2D eigenvalue weighted by Crippen LogP contribution is -2.40. The van der Waals surface area contributed by atoms with Gasteiger partial charge in [-0.25, -0.2) is 0 Å². The van der Waals surface area contributed by atoms with Crippen molar-refractivity contribution >= 4 is 50.8 Å². The molecule has 8 nitrogen and oxygen atoms in total. The maximum atomic E-state index is 13.6. The van der Waals surface area contributed by atoms with Crippen LogP contribution in [0.4, 0.5) is 5.69 Å². The van der Waals surface area contributed by atoms with Crippen molar-refractivity contribution in [2.24, 2.45) is 5.92 Å². The molecule has 0 spiro atoms. The van der Waals surface area contributed by atoms with Crippen LogP contribution in [0.25, 0.3) is 0 Å². The summed E-state index contributed by atoms with van der Waals surface area (Å²) < 4.78 is 27.9. The van der Waals surface area contributed by atoms with E-state index in [4.69, 9.17) is 33.1 Å². The second-order valence-corrected chi connectivity index (χ2v) is 10.8. The molecule has 4 rings (SSSR count). The van der Waals surface area contributed by atoms with E-state index < -0.39 is 21.9 Å². The van der Waals surface area contributed by atoms with Gasteiger partial charge in [-0.05, 0) is 67.4 Å². The van der Waals surface area contributed by atoms with Gasteiger partial charge in [0.05, 0.1) is 21.5 Å². The van der Waals surface area contributed by atoms with Gasteiger partial charge in [0.25, 0.3) is 15.9 Å². The standard InChI is InChI=1S/C25H22Cl2N2O6S/c26-19-8-11-23(22(27)16-19)35-29(20-4-2-1-3-5-20)36(33,34)21-9-6-17(7-10-21)24(30)28-14-12-18(13-15-28)25(31)32/h1-11,16,18H,12-15H2,(H,31,32). The first-order valence-electron chi connectivity index (χ1n) is 11.0. The quantitative estimate of drug-likeness (QED) is 0.411. The van der Waals surface area contributed by atoms with Crippen LogP contribution in [0.3, 0.4) is 0 Å². The molecular formula is C25H22Cl2N2O6S. The number of sulfonamides is 1. The molecule has 1 aliphatic rings. The van der Waals surface area contributed by atoms with Gasteiger partial charge in [0, 0.05) is 23.7 Å². The average molecular weight is 549 g/mol. The van der Waals surface area contributed by atoms with Crippen LogP contribution in [-0.4, -0.2) is 43.4 Å². The van der Waals surface area contributed by atoms with Gasteiger partial charge in [0.2, 0.25) is 0 Å². The number of carbonyl (C=O) groups excluding carboxylic acids is 1. The molecular weight excluding hydrogens is 527 g/mol. The number of rotatable bonds is 7. The Bertz CT molecular complexity index is 1360. The molecule has 0 saturated carbocycles. The predicted octanol–water partition coefficient (Wildman–Crippen LogP) is 5.12. The number of halogens is 2. The van der Waals surface area contributed by atoms with Crippen molar-refractivity contribution in [3.8, 4) is 5.75 Å². The highest BCUT2D eigenvalue weighted by Crippen LogP contribution is 2.32. The third-order valence-electron chi connectivity index (χ3n) is 5.79. The van der Waals surface area contributed by atoms with Crippen molar-refractivity contribution in [3.05, 3.63) is 88.4 Å². The van der Waals surface area contributed by atoms with Crippen LogP contribution in [0.15, 0.2) is 77.7 Å². The Labute approximate surface area is 218 Å². The number of piperidine rings is 1. The molecule has 1 N–H and O–H groups in total. The smallest absolute Gasteiger partial charge is 0.306 e. The number of anilines is 1. The zero-order chi connectivity index (χ0) is 25.9. The van der Waals surface area contributed by atoms with Crippen molar-refractivity contribution in [1.82, 2.24) is 4.90 Å². The molecule has 1 heterocycles. The molecule has 1 saturated heterocycles. The average Bonchev–Trinajstić information content (AvgIpc) is 2.88. The van der Waals surface area contributed by atoms with E-state index in [0.717, 1.165) is 4.47 Å². The number of likely N-dealkylation sites (tertiary alicyclic amines) is 1. The molecule has 0 radical (unpaired) electrons. The first kappa shape index (κ1) is 25.8. The molecule has 11 heteroatoms. The highest BCUT2D eigenvalue weighted by Gasteiger charge is 2.30. The normalized spacial score (nSPS) is 14.3. The summed E-state index contributed by atoms with van der Waals surface area (Å²) in [6.45, 7) is 0.653. The Morgan fingerprint density at radius 2 is 1.58 bits per heavy atom. The Morgan fingerprint density at radius 1 is 0.944 bits per heavy atom. The number of hydrogen-bond donors (Lipinski definition) is 1. The van der Waals surface area contributed by atoms with Gasteiger partial charge in [0.15, 0.2) is 5.75 Å². The van der Waals surface area contributed by atoms with Gasteiger partial charge in [-0.2, -0.15) is 8.42 Å². The Morgan fingerprint density at radius 3 is 2.17 bits per heavy atom. The van der Waals surface area contributed by atoms with E-state index >= 15 is 0 Å². The second kappa shape index (κ2) is 10.8. The molecule has 0 unspecified atom stereocenters. The minimum Gasteiger partial charge on any atom is -0.481 e.